The molecule has 0 spiro atoms. The Morgan fingerprint density at radius 1 is 1.37 bits per heavy atom. The molecule has 1 unspecified atom stereocenters. The van der Waals surface area contributed by atoms with E-state index >= 15 is 0 Å². The molecule has 6 heteroatoms. The van der Waals surface area contributed by atoms with Crippen molar-refractivity contribution in [3.63, 3.8) is 0 Å². The molecule has 0 aliphatic rings. The van der Waals surface area contributed by atoms with Crippen molar-refractivity contribution in [1.82, 2.24) is 4.31 Å². The summed E-state index contributed by atoms with van der Waals surface area (Å²) in [6.45, 7) is 5.93. The molecule has 19 heavy (non-hydrogen) atoms. The van der Waals surface area contributed by atoms with Crippen LogP contribution < -0.4 is 0 Å². The Kier molecular flexibility index (Phi) is 5.98. The summed E-state index contributed by atoms with van der Waals surface area (Å²) < 4.78 is 27.3. The highest BCUT2D eigenvalue weighted by Gasteiger charge is 2.28. The van der Waals surface area contributed by atoms with Gasteiger partial charge in [-0.3, -0.25) is 0 Å². The van der Waals surface area contributed by atoms with Crippen LogP contribution in [0.25, 0.3) is 0 Å². The van der Waals surface area contributed by atoms with Crippen molar-refractivity contribution in [3.8, 4) is 0 Å². The third kappa shape index (κ3) is 3.56. The van der Waals surface area contributed by atoms with Crippen LogP contribution in [0.2, 0.25) is 0 Å². The van der Waals surface area contributed by atoms with Crippen molar-refractivity contribution < 1.29 is 13.5 Å². The molecule has 0 saturated carbocycles. The van der Waals surface area contributed by atoms with Crippen molar-refractivity contribution in [2.45, 2.75) is 44.7 Å². The molecule has 0 amide bonds. The maximum atomic E-state index is 12.7. The van der Waals surface area contributed by atoms with Crippen LogP contribution in [0.3, 0.4) is 0 Å². The quantitative estimate of drug-likeness (QED) is 0.858. The van der Waals surface area contributed by atoms with Gasteiger partial charge in [-0.25, -0.2) is 8.42 Å². The van der Waals surface area contributed by atoms with Gasteiger partial charge in [0.1, 0.15) is 0 Å². The first-order chi connectivity index (χ1) is 8.88. The lowest BCUT2D eigenvalue weighted by molar-refractivity contribution is 0.281. The van der Waals surface area contributed by atoms with Gasteiger partial charge in [-0.15, -0.1) is 0 Å². The third-order valence-electron chi connectivity index (χ3n) is 3.16. The number of aliphatic hydroxyl groups excluding tert-OH is 1. The van der Waals surface area contributed by atoms with Gasteiger partial charge in [0, 0.05) is 17.1 Å². The molecule has 1 aromatic carbocycles. The second kappa shape index (κ2) is 6.83. The zero-order valence-corrected chi connectivity index (χ0v) is 13.8. The summed E-state index contributed by atoms with van der Waals surface area (Å²) in [5, 5.41) is 9.15. The molecule has 1 N–H and O–H groups in total. The minimum absolute atomic E-state index is 0.0558. The minimum Gasteiger partial charge on any atom is -0.392 e. The maximum Gasteiger partial charge on any atom is 0.244 e. The van der Waals surface area contributed by atoms with Crippen LogP contribution in [-0.4, -0.2) is 30.4 Å². The molecule has 0 radical (unpaired) electrons. The summed E-state index contributed by atoms with van der Waals surface area (Å²) in [6.07, 6.45) is 0.754. The van der Waals surface area contributed by atoms with Crippen LogP contribution in [0.5, 0.6) is 0 Å². The molecular formula is C13H20BrNO3S. The molecule has 1 rings (SSSR count). The summed E-state index contributed by atoms with van der Waals surface area (Å²) in [7, 11) is -3.55. The van der Waals surface area contributed by atoms with Gasteiger partial charge in [-0.1, -0.05) is 19.9 Å². The number of rotatable bonds is 6. The van der Waals surface area contributed by atoms with Crippen molar-refractivity contribution in [3.05, 3.63) is 28.2 Å². The topological polar surface area (TPSA) is 57.6 Å². The SMILES string of the molecule is CCC(C)N(CC)S(=O)(=O)c1cc(CO)ccc1Br. The van der Waals surface area contributed by atoms with E-state index < -0.39 is 10.0 Å². The van der Waals surface area contributed by atoms with E-state index in [1.165, 1.54) is 10.4 Å². The fourth-order valence-electron chi connectivity index (χ4n) is 1.89. The third-order valence-corrected chi connectivity index (χ3v) is 6.24. The molecule has 108 valence electrons. The highest BCUT2D eigenvalue weighted by atomic mass is 79.9. The van der Waals surface area contributed by atoms with Crippen LogP contribution in [0.1, 0.15) is 32.8 Å². The first-order valence-corrected chi connectivity index (χ1v) is 8.52. The lowest BCUT2D eigenvalue weighted by Gasteiger charge is -2.27. The lowest BCUT2D eigenvalue weighted by Crippen LogP contribution is -2.38. The van der Waals surface area contributed by atoms with Crippen molar-refractivity contribution >= 4 is 26.0 Å². The molecule has 0 heterocycles. The summed E-state index contributed by atoms with van der Waals surface area (Å²) in [5.74, 6) is 0. The highest BCUT2D eigenvalue weighted by molar-refractivity contribution is 9.10. The average molecular weight is 350 g/mol. The molecule has 0 saturated heterocycles. The van der Waals surface area contributed by atoms with Crippen molar-refractivity contribution in [1.29, 1.82) is 0 Å². The minimum atomic E-state index is -3.55. The number of aliphatic hydroxyl groups is 1. The summed E-state index contributed by atoms with van der Waals surface area (Å²) in [4.78, 5) is 0.209. The van der Waals surface area contributed by atoms with Crippen LogP contribution in [-0.2, 0) is 16.6 Å². The van der Waals surface area contributed by atoms with Gasteiger partial charge in [-0.2, -0.15) is 4.31 Å². The van der Waals surface area contributed by atoms with E-state index in [0.29, 0.717) is 16.6 Å². The van der Waals surface area contributed by atoms with Crippen LogP contribution in [0.4, 0.5) is 0 Å². The molecular weight excluding hydrogens is 330 g/mol. The second-order valence-corrected chi connectivity index (χ2v) is 7.10. The number of halogens is 1. The fourth-order valence-corrected chi connectivity index (χ4v) is 4.58. The molecule has 4 nitrogen and oxygen atoms in total. The van der Waals surface area contributed by atoms with Crippen LogP contribution in [0.15, 0.2) is 27.6 Å². The van der Waals surface area contributed by atoms with Crippen LogP contribution >= 0.6 is 15.9 Å². The molecule has 1 atom stereocenters. The second-order valence-electron chi connectivity index (χ2n) is 4.39. The standard InChI is InChI=1S/C13H20BrNO3S/c1-4-10(3)15(5-2)19(17,18)13-8-11(9-16)6-7-12(13)14/h6-8,10,16H,4-5,9H2,1-3H3. The predicted octanol–water partition coefficient (Wildman–Crippen LogP) is 2.75. The Hall–Kier alpha value is -0.430. The Morgan fingerprint density at radius 2 is 2.00 bits per heavy atom. The normalized spacial score (nSPS) is 13.8. The van der Waals surface area contributed by atoms with E-state index in [1.54, 1.807) is 12.1 Å². The lowest BCUT2D eigenvalue weighted by atomic mass is 10.2. The smallest absolute Gasteiger partial charge is 0.244 e. The predicted molar refractivity (Wildman–Crippen MR) is 79.4 cm³/mol. The van der Waals surface area contributed by atoms with E-state index in [1.807, 2.05) is 20.8 Å². The number of benzene rings is 1. The molecule has 0 aliphatic heterocycles. The maximum absolute atomic E-state index is 12.7. The Bertz CT molecular complexity index is 531. The van der Waals surface area contributed by atoms with Gasteiger partial charge in [0.25, 0.3) is 0 Å². The van der Waals surface area contributed by atoms with E-state index in [2.05, 4.69) is 15.9 Å². The van der Waals surface area contributed by atoms with Gasteiger partial charge in [0.2, 0.25) is 10.0 Å². The van der Waals surface area contributed by atoms with E-state index in [0.717, 1.165) is 6.42 Å². The Morgan fingerprint density at radius 3 is 2.47 bits per heavy atom. The van der Waals surface area contributed by atoms with Gasteiger partial charge in [0.15, 0.2) is 0 Å². The summed E-state index contributed by atoms with van der Waals surface area (Å²) in [5.41, 5.74) is 0.585. The fraction of sp³-hybridized carbons (Fsp3) is 0.538. The summed E-state index contributed by atoms with van der Waals surface area (Å²) >= 11 is 3.28. The first-order valence-electron chi connectivity index (χ1n) is 6.29. The van der Waals surface area contributed by atoms with E-state index in [4.69, 9.17) is 5.11 Å². The average Bonchev–Trinajstić information content (AvgIpc) is 2.39. The van der Waals surface area contributed by atoms with E-state index in [9.17, 15) is 8.42 Å². The van der Waals surface area contributed by atoms with Gasteiger partial charge >= 0.3 is 0 Å². The zero-order chi connectivity index (χ0) is 14.6. The van der Waals surface area contributed by atoms with Crippen LogP contribution in [0, 0.1) is 0 Å². The van der Waals surface area contributed by atoms with Crippen molar-refractivity contribution in [2.24, 2.45) is 0 Å². The number of hydrogen-bond donors (Lipinski definition) is 1. The molecule has 0 aliphatic carbocycles. The number of sulfonamides is 1. The summed E-state index contributed by atoms with van der Waals surface area (Å²) in [6, 6.07) is 4.82. The first kappa shape index (κ1) is 16.6. The largest absolute Gasteiger partial charge is 0.392 e. The van der Waals surface area contributed by atoms with Crippen molar-refractivity contribution in [2.75, 3.05) is 6.54 Å². The molecule has 1 aromatic rings. The van der Waals surface area contributed by atoms with E-state index in [-0.39, 0.29) is 17.5 Å². The molecule has 0 fully saturated rings. The highest BCUT2D eigenvalue weighted by Crippen LogP contribution is 2.27. The number of hydrogen-bond acceptors (Lipinski definition) is 3. The zero-order valence-electron chi connectivity index (χ0n) is 11.4. The molecule has 0 aromatic heterocycles. The molecule has 0 bridgehead atoms. The Labute approximate surface area is 123 Å². The number of nitrogens with zero attached hydrogens (tertiary/aromatic N) is 1. The van der Waals surface area contributed by atoms with Gasteiger partial charge in [-0.05, 0) is 47.0 Å². The Balaban J connectivity index is 3.33. The van der Waals surface area contributed by atoms with Gasteiger partial charge < -0.3 is 5.11 Å². The monoisotopic (exact) mass is 349 g/mol. The van der Waals surface area contributed by atoms with Gasteiger partial charge in [0.05, 0.1) is 11.5 Å².